The van der Waals surface area contributed by atoms with Crippen LogP contribution < -0.4 is 4.90 Å². The molecule has 44 heavy (non-hydrogen) atoms. The molecule has 7 nitrogen and oxygen atoms in total. The van der Waals surface area contributed by atoms with E-state index in [0.29, 0.717) is 37.2 Å². The minimum absolute atomic E-state index is 0.0173. The number of aromatic nitrogens is 4. The van der Waals surface area contributed by atoms with Crippen molar-refractivity contribution in [1.29, 1.82) is 0 Å². The highest BCUT2D eigenvalue weighted by Crippen LogP contribution is 2.38. The topological polar surface area (TPSA) is 53.3 Å². The van der Waals surface area contributed by atoms with Crippen LogP contribution in [-0.4, -0.2) is 62.7 Å². The molecule has 0 spiro atoms. The first kappa shape index (κ1) is 33.5. The van der Waals surface area contributed by atoms with Crippen molar-refractivity contribution in [3.8, 4) is 0 Å². The number of benzene rings is 2. The van der Waals surface area contributed by atoms with E-state index < -0.39 is 41.8 Å². The summed E-state index contributed by atoms with van der Waals surface area (Å²) >= 11 is 0. The van der Waals surface area contributed by atoms with E-state index in [4.69, 9.17) is 0 Å². The number of likely N-dealkylation sites (N-methyl/N-ethyl adjacent to an activating group) is 1. The minimum Gasteiger partial charge on any atom is -0.330 e. The Labute approximate surface area is 248 Å². The predicted molar refractivity (Wildman–Crippen MR) is 143 cm³/mol. The van der Waals surface area contributed by atoms with E-state index in [-0.39, 0.29) is 35.7 Å². The molecule has 0 amide bonds. The summed E-state index contributed by atoms with van der Waals surface area (Å²) in [6.45, 7) is 6.79. The number of tetrazole rings is 1. The van der Waals surface area contributed by atoms with Crippen molar-refractivity contribution in [2.75, 3.05) is 37.6 Å². The minimum atomic E-state index is -5.07. The van der Waals surface area contributed by atoms with Crippen LogP contribution in [0.15, 0.2) is 36.4 Å². The summed E-state index contributed by atoms with van der Waals surface area (Å²) in [5, 5.41) is 11.6. The largest absolute Gasteiger partial charge is 0.416 e. The number of piperazine rings is 1. The fourth-order valence-electron chi connectivity index (χ4n) is 5.44. The van der Waals surface area contributed by atoms with Gasteiger partial charge in [0.05, 0.1) is 23.7 Å². The van der Waals surface area contributed by atoms with E-state index in [2.05, 4.69) is 25.2 Å². The lowest BCUT2D eigenvalue weighted by atomic mass is 9.93. The lowest BCUT2D eigenvalue weighted by Crippen LogP contribution is -2.47. The van der Waals surface area contributed by atoms with Gasteiger partial charge in [-0.1, -0.05) is 25.0 Å². The third-order valence-electron chi connectivity index (χ3n) is 7.67. The summed E-state index contributed by atoms with van der Waals surface area (Å²) in [7, 11) is 1.40. The van der Waals surface area contributed by atoms with Crippen LogP contribution in [0.1, 0.15) is 59.7 Å². The second-order valence-corrected chi connectivity index (χ2v) is 10.7. The van der Waals surface area contributed by atoms with Crippen LogP contribution in [0.5, 0.6) is 0 Å². The highest BCUT2D eigenvalue weighted by Gasteiger charge is 2.38. The molecule has 1 aliphatic heterocycles. The van der Waals surface area contributed by atoms with Crippen LogP contribution in [0.25, 0.3) is 0 Å². The molecule has 242 valence electrons. The Morgan fingerprint density at radius 3 is 1.84 bits per heavy atom. The molecule has 2 aromatic carbocycles. The fourth-order valence-corrected chi connectivity index (χ4v) is 5.44. The highest BCUT2D eigenvalue weighted by molar-refractivity contribution is 5.42. The van der Waals surface area contributed by atoms with Crippen LogP contribution in [0.3, 0.4) is 0 Å². The molecule has 0 radical (unpaired) electrons. The lowest BCUT2D eigenvalue weighted by Gasteiger charge is -2.40. The van der Waals surface area contributed by atoms with Gasteiger partial charge in [0.2, 0.25) is 0 Å². The summed E-state index contributed by atoms with van der Waals surface area (Å²) in [6.07, 6.45) is -14.3. The summed E-state index contributed by atoms with van der Waals surface area (Å²) in [4.78, 5) is 6.68. The number of hydrogen-bond donors (Lipinski definition) is 0. The smallest absolute Gasteiger partial charge is 0.330 e. The van der Waals surface area contributed by atoms with Crippen molar-refractivity contribution in [2.45, 2.75) is 57.9 Å². The summed E-state index contributed by atoms with van der Waals surface area (Å²) in [5.41, 5.74) is -3.57. The van der Waals surface area contributed by atoms with E-state index in [1.54, 1.807) is 0 Å². The first-order chi connectivity index (χ1) is 20.5. The molecular weight excluding hydrogens is 605 g/mol. The summed E-state index contributed by atoms with van der Waals surface area (Å²) < 4.78 is 123. The van der Waals surface area contributed by atoms with Gasteiger partial charge in [-0.05, 0) is 65.2 Å². The van der Waals surface area contributed by atoms with Gasteiger partial charge >= 0.3 is 18.5 Å². The zero-order valence-electron chi connectivity index (χ0n) is 24.2. The molecule has 0 bridgehead atoms. The summed E-state index contributed by atoms with van der Waals surface area (Å²) in [5.74, 6) is -0.175. The second kappa shape index (κ2) is 12.9. The average molecular weight is 638 g/mol. The van der Waals surface area contributed by atoms with Gasteiger partial charge < -0.3 is 9.80 Å². The van der Waals surface area contributed by atoms with E-state index in [9.17, 15) is 39.5 Å². The molecule has 16 heteroatoms. The van der Waals surface area contributed by atoms with Gasteiger partial charge in [-0.15, -0.1) is 5.10 Å². The maximum atomic E-state index is 13.9. The van der Waals surface area contributed by atoms with Gasteiger partial charge in [-0.3, -0.25) is 4.90 Å². The highest BCUT2D eigenvalue weighted by atomic mass is 19.4. The van der Waals surface area contributed by atoms with Crippen LogP contribution in [-0.2, 0) is 38.7 Å². The number of anilines is 1. The Balaban J connectivity index is 1.79. The van der Waals surface area contributed by atoms with Gasteiger partial charge in [0, 0.05) is 45.3 Å². The molecule has 3 aromatic rings. The summed E-state index contributed by atoms with van der Waals surface area (Å²) in [6, 6.07) is 4.24. The fraction of sp³-hybridized carbons (Fsp3) is 0.536. The number of aryl methyl sites for hydroxylation is 1. The molecule has 1 fully saturated rings. The predicted octanol–water partition coefficient (Wildman–Crippen LogP) is 6.56. The van der Waals surface area contributed by atoms with Gasteiger partial charge in [-0.2, -0.15) is 44.3 Å². The second-order valence-electron chi connectivity index (χ2n) is 10.7. The van der Waals surface area contributed by atoms with E-state index in [0.717, 1.165) is 36.6 Å². The van der Waals surface area contributed by atoms with E-state index in [1.165, 1.54) is 18.0 Å². The van der Waals surface area contributed by atoms with Gasteiger partial charge in [0.15, 0.2) is 0 Å². The van der Waals surface area contributed by atoms with Crippen molar-refractivity contribution in [3.63, 3.8) is 0 Å². The first-order valence-electron chi connectivity index (χ1n) is 13.9. The molecule has 0 saturated carbocycles. The lowest BCUT2D eigenvalue weighted by molar-refractivity contribution is -0.143. The van der Waals surface area contributed by atoms with E-state index in [1.807, 2.05) is 13.8 Å². The Hall–Kier alpha value is -3.40. The molecular formula is C28H32F9N7. The van der Waals surface area contributed by atoms with Gasteiger partial charge in [-0.25, -0.2) is 0 Å². The Kier molecular flexibility index (Phi) is 9.83. The van der Waals surface area contributed by atoms with Crippen molar-refractivity contribution in [1.82, 2.24) is 30.0 Å². The third-order valence-corrected chi connectivity index (χ3v) is 7.67. The normalized spacial score (nSPS) is 16.4. The third kappa shape index (κ3) is 8.00. The molecule has 0 N–H and O–H groups in total. The number of halogens is 9. The van der Waals surface area contributed by atoms with Crippen LogP contribution in [0, 0.1) is 0 Å². The van der Waals surface area contributed by atoms with E-state index >= 15 is 0 Å². The van der Waals surface area contributed by atoms with Crippen LogP contribution in [0.4, 0.5) is 45.5 Å². The maximum Gasteiger partial charge on any atom is 0.416 e. The zero-order chi connectivity index (χ0) is 32.4. The molecule has 1 unspecified atom stereocenters. The number of alkyl halides is 9. The van der Waals surface area contributed by atoms with Crippen LogP contribution >= 0.6 is 0 Å². The van der Waals surface area contributed by atoms with Crippen molar-refractivity contribution >= 4 is 5.95 Å². The Bertz CT molecular complexity index is 1380. The molecule has 0 aliphatic carbocycles. The quantitative estimate of drug-likeness (QED) is 0.248. The van der Waals surface area contributed by atoms with Gasteiger partial charge in [0.1, 0.15) is 0 Å². The Morgan fingerprint density at radius 1 is 0.773 bits per heavy atom. The van der Waals surface area contributed by atoms with Crippen molar-refractivity contribution in [3.05, 3.63) is 69.8 Å². The first-order valence-corrected chi connectivity index (χ1v) is 13.9. The Morgan fingerprint density at radius 2 is 1.36 bits per heavy atom. The van der Waals surface area contributed by atoms with Crippen molar-refractivity contribution in [2.24, 2.45) is 7.05 Å². The number of rotatable bonds is 9. The maximum absolute atomic E-state index is 13.9. The standard InChI is InChI=1S/C28H32F9N7/c1-4-24(43-10-8-42(5-2)9-11-43)23-7-6-20(26(29,30)31)14-19(23)17-44(25-38-40-41(3)39-25)16-18-12-21(27(32,33)34)15-22(13-18)28(35,36)37/h6-7,12-15,24H,4-5,8-11,16-17H2,1-3H3. The van der Waals surface area contributed by atoms with Crippen LogP contribution in [0.2, 0.25) is 0 Å². The number of hydrogen-bond acceptors (Lipinski definition) is 6. The SMILES string of the molecule is CCC(c1ccc(C(F)(F)F)cc1CN(Cc1cc(C(F)(F)F)cc(C(F)(F)F)c1)c1nnn(C)n1)N1CCN(CC)CC1. The molecule has 1 atom stereocenters. The molecule has 1 aliphatic rings. The monoisotopic (exact) mass is 637 g/mol. The molecule has 1 aromatic heterocycles. The zero-order valence-corrected chi connectivity index (χ0v) is 24.2. The molecule has 2 heterocycles. The average Bonchev–Trinajstić information content (AvgIpc) is 3.38. The van der Waals surface area contributed by atoms with Crippen molar-refractivity contribution < 1.29 is 39.5 Å². The van der Waals surface area contributed by atoms with Gasteiger partial charge in [0.25, 0.3) is 5.95 Å². The molecule has 4 rings (SSSR count). The number of nitrogens with zero attached hydrogens (tertiary/aromatic N) is 7. The molecule has 1 saturated heterocycles.